The lowest BCUT2D eigenvalue weighted by atomic mass is 10.1. The summed E-state index contributed by atoms with van der Waals surface area (Å²) in [7, 11) is 0. The highest BCUT2D eigenvalue weighted by Gasteiger charge is 2.13. The van der Waals surface area contributed by atoms with Crippen LogP contribution in [0.3, 0.4) is 0 Å². The van der Waals surface area contributed by atoms with E-state index < -0.39 is 0 Å². The summed E-state index contributed by atoms with van der Waals surface area (Å²) in [4.78, 5) is 0. The summed E-state index contributed by atoms with van der Waals surface area (Å²) in [5, 5.41) is 3.82. The molecule has 0 radical (unpaired) electrons. The summed E-state index contributed by atoms with van der Waals surface area (Å²) in [6, 6.07) is 5.87. The first-order valence-electron chi connectivity index (χ1n) is 3.75. The van der Waals surface area contributed by atoms with Crippen molar-refractivity contribution in [2.45, 2.75) is 0 Å². The van der Waals surface area contributed by atoms with E-state index >= 15 is 0 Å². The van der Waals surface area contributed by atoms with Crippen molar-refractivity contribution in [2.24, 2.45) is 0 Å². The lowest BCUT2D eigenvalue weighted by Crippen LogP contribution is -1.79. The highest BCUT2D eigenvalue weighted by molar-refractivity contribution is 6.42. The van der Waals surface area contributed by atoms with Crippen LogP contribution in [-0.4, -0.2) is 5.16 Å². The van der Waals surface area contributed by atoms with Gasteiger partial charge in [0.05, 0.1) is 0 Å². The van der Waals surface area contributed by atoms with Gasteiger partial charge in [-0.25, -0.2) is 4.39 Å². The molecule has 0 bridgehead atoms. The van der Waals surface area contributed by atoms with Gasteiger partial charge < -0.3 is 4.52 Å². The van der Waals surface area contributed by atoms with Crippen LogP contribution in [0.4, 0.5) is 4.39 Å². The largest absolute Gasteiger partial charge is 0.342 e. The Bertz CT molecular complexity index is 470. The van der Waals surface area contributed by atoms with Gasteiger partial charge in [-0.15, -0.1) is 0 Å². The fraction of sp³-hybridized carbons (Fsp3) is 0. The fourth-order valence-electron chi connectivity index (χ4n) is 1.07. The first-order chi connectivity index (χ1) is 6.68. The zero-order valence-corrected chi connectivity index (χ0v) is 8.31. The molecule has 2 nitrogen and oxygen atoms in total. The predicted molar refractivity (Wildman–Crippen MR) is 51.9 cm³/mol. The van der Waals surface area contributed by atoms with Gasteiger partial charge in [-0.2, -0.15) is 0 Å². The minimum absolute atomic E-state index is 0.00549. The Morgan fingerprint density at radius 2 is 2.07 bits per heavy atom. The monoisotopic (exact) mass is 231 g/mol. The van der Waals surface area contributed by atoms with Crippen LogP contribution >= 0.6 is 23.2 Å². The molecule has 0 amide bonds. The van der Waals surface area contributed by atoms with Crippen molar-refractivity contribution in [3.63, 3.8) is 0 Å². The van der Waals surface area contributed by atoms with Crippen molar-refractivity contribution in [1.82, 2.24) is 5.16 Å². The van der Waals surface area contributed by atoms with E-state index in [9.17, 15) is 4.39 Å². The molecule has 0 fully saturated rings. The maximum atomic E-state index is 12.9. The molecule has 0 saturated carbocycles. The van der Waals surface area contributed by atoms with Crippen LogP contribution in [0.15, 0.2) is 28.8 Å². The minimum atomic E-state index is -0.363. The molecule has 0 saturated heterocycles. The lowest BCUT2D eigenvalue weighted by molar-refractivity contribution is 0.424. The Hall–Kier alpha value is -1.06. The smallest absolute Gasteiger partial charge is 0.245 e. The molecule has 1 aromatic heterocycles. The Morgan fingerprint density at radius 3 is 2.64 bits per heavy atom. The summed E-state index contributed by atoms with van der Waals surface area (Å²) in [6.45, 7) is 0. The van der Waals surface area contributed by atoms with Crippen molar-refractivity contribution < 1.29 is 8.91 Å². The molecule has 0 aliphatic carbocycles. The van der Waals surface area contributed by atoms with E-state index in [0.29, 0.717) is 11.3 Å². The van der Waals surface area contributed by atoms with Gasteiger partial charge in [0.15, 0.2) is 0 Å². The van der Waals surface area contributed by atoms with Crippen molar-refractivity contribution in [1.29, 1.82) is 0 Å². The number of hydrogen-bond donors (Lipinski definition) is 0. The summed E-state index contributed by atoms with van der Waals surface area (Å²) >= 11 is 11.3. The molecule has 1 heterocycles. The van der Waals surface area contributed by atoms with Gasteiger partial charge in [0.1, 0.15) is 16.5 Å². The Balaban J connectivity index is 2.55. The van der Waals surface area contributed by atoms with Crippen molar-refractivity contribution in [2.75, 3.05) is 0 Å². The molecule has 0 aliphatic heterocycles. The molecule has 2 rings (SSSR count). The summed E-state index contributed by atoms with van der Waals surface area (Å²) < 4.78 is 17.5. The molecule has 0 aliphatic rings. The molecule has 0 spiro atoms. The molecule has 72 valence electrons. The average molecular weight is 232 g/mol. The number of halogens is 3. The van der Waals surface area contributed by atoms with Crippen molar-refractivity contribution in [3.8, 4) is 11.3 Å². The highest BCUT2D eigenvalue weighted by atomic mass is 35.5. The quantitative estimate of drug-likeness (QED) is 0.747. The van der Waals surface area contributed by atoms with E-state index in [4.69, 9.17) is 23.2 Å². The average Bonchev–Trinajstić information content (AvgIpc) is 2.48. The van der Waals surface area contributed by atoms with Gasteiger partial charge in [0, 0.05) is 5.56 Å². The molecule has 0 atom stereocenters. The maximum Gasteiger partial charge on any atom is 0.245 e. The molecule has 2 aromatic rings. The molecule has 5 heteroatoms. The normalized spacial score (nSPS) is 10.5. The lowest BCUT2D eigenvalue weighted by Gasteiger charge is -1.95. The standard InChI is InChI=1S/C9H4Cl2FNO/c10-7-8(13-14-9(7)11)5-2-1-3-6(12)4-5/h1-4H. The third-order valence-electron chi connectivity index (χ3n) is 1.70. The third-order valence-corrected chi connectivity index (χ3v) is 2.40. The van der Waals surface area contributed by atoms with Crippen LogP contribution in [0.2, 0.25) is 10.2 Å². The number of hydrogen-bond acceptors (Lipinski definition) is 2. The summed E-state index contributed by atoms with van der Waals surface area (Å²) in [6.07, 6.45) is 0. The van der Waals surface area contributed by atoms with E-state index in [1.807, 2.05) is 0 Å². The van der Waals surface area contributed by atoms with Gasteiger partial charge in [0.25, 0.3) is 0 Å². The first kappa shape index (κ1) is 9.49. The zero-order valence-electron chi connectivity index (χ0n) is 6.80. The molecule has 14 heavy (non-hydrogen) atoms. The van der Waals surface area contributed by atoms with Crippen molar-refractivity contribution in [3.05, 3.63) is 40.3 Å². The van der Waals surface area contributed by atoms with Crippen LogP contribution in [0.25, 0.3) is 11.3 Å². The predicted octanol–water partition coefficient (Wildman–Crippen LogP) is 3.79. The van der Waals surface area contributed by atoms with Gasteiger partial charge in [-0.05, 0) is 23.7 Å². The van der Waals surface area contributed by atoms with Crippen LogP contribution in [-0.2, 0) is 0 Å². The van der Waals surface area contributed by atoms with E-state index in [1.54, 1.807) is 12.1 Å². The van der Waals surface area contributed by atoms with Crippen LogP contribution < -0.4 is 0 Å². The molecule has 1 aromatic carbocycles. The van der Waals surface area contributed by atoms with Gasteiger partial charge >= 0.3 is 0 Å². The van der Waals surface area contributed by atoms with Crippen molar-refractivity contribution >= 4 is 23.2 Å². The summed E-state index contributed by atoms with van der Waals surface area (Å²) in [5.41, 5.74) is 0.877. The number of benzene rings is 1. The number of nitrogens with zero attached hydrogens (tertiary/aromatic N) is 1. The number of aromatic nitrogens is 1. The van der Waals surface area contributed by atoms with Gasteiger partial charge in [0.2, 0.25) is 5.22 Å². The second-order valence-electron chi connectivity index (χ2n) is 2.63. The molecule has 0 unspecified atom stereocenters. The van der Waals surface area contributed by atoms with E-state index in [2.05, 4.69) is 9.68 Å². The minimum Gasteiger partial charge on any atom is -0.342 e. The topological polar surface area (TPSA) is 26.0 Å². The van der Waals surface area contributed by atoms with Crippen LogP contribution in [0, 0.1) is 5.82 Å². The SMILES string of the molecule is Fc1cccc(-c2noc(Cl)c2Cl)c1. The highest BCUT2D eigenvalue weighted by Crippen LogP contribution is 2.32. The fourth-order valence-corrected chi connectivity index (χ4v) is 1.38. The molecule has 0 N–H and O–H groups in total. The van der Waals surface area contributed by atoms with E-state index in [0.717, 1.165) is 0 Å². The Kier molecular flexibility index (Phi) is 2.44. The zero-order chi connectivity index (χ0) is 10.1. The number of rotatable bonds is 1. The second-order valence-corrected chi connectivity index (χ2v) is 3.35. The third kappa shape index (κ3) is 1.61. The van der Waals surface area contributed by atoms with Gasteiger partial charge in [-0.1, -0.05) is 28.9 Å². The summed E-state index contributed by atoms with van der Waals surface area (Å²) in [5.74, 6) is -0.363. The van der Waals surface area contributed by atoms with Crippen LogP contribution in [0.5, 0.6) is 0 Å². The first-order valence-corrected chi connectivity index (χ1v) is 4.50. The Labute approximate surface area is 89.2 Å². The van der Waals surface area contributed by atoms with Gasteiger partial charge in [-0.3, -0.25) is 0 Å². The molecular weight excluding hydrogens is 228 g/mol. The second kappa shape index (κ2) is 3.59. The van der Waals surface area contributed by atoms with Crippen LogP contribution in [0.1, 0.15) is 0 Å². The Morgan fingerprint density at radius 1 is 1.29 bits per heavy atom. The van der Waals surface area contributed by atoms with E-state index in [-0.39, 0.29) is 16.1 Å². The van der Waals surface area contributed by atoms with E-state index in [1.165, 1.54) is 12.1 Å². The molecular formula is C9H4Cl2FNO. The maximum absolute atomic E-state index is 12.9.